The van der Waals surface area contributed by atoms with E-state index in [4.69, 9.17) is 4.74 Å². The number of ether oxygens (including phenoxy) is 1. The smallest absolute Gasteiger partial charge is 0.225 e. The minimum absolute atomic E-state index is 0.113. The van der Waals surface area contributed by atoms with Crippen molar-refractivity contribution in [1.29, 1.82) is 0 Å². The maximum Gasteiger partial charge on any atom is 0.225 e. The van der Waals surface area contributed by atoms with E-state index in [0.29, 0.717) is 17.9 Å². The van der Waals surface area contributed by atoms with Crippen molar-refractivity contribution < 1.29 is 14.3 Å². The van der Waals surface area contributed by atoms with E-state index in [1.165, 1.54) is 19.3 Å². The molecule has 0 aromatic rings. The van der Waals surface area contributed by atoms with E-state index < -0.39 is 0 Å². The van der Waals surface area contributed by atoms with Crippen LogP contribution in [-0.2, 0) is 14.3 Å². The largest absolute Gasteiger partial charge is 0.378 e. The summed E-state index contributed by atoms with van der Waals surface area (Å²) < 4.78 is 6.18. The lowest BCUT2D eigenvalue weighted by Crippen LogP contribution is -2.44. The Hall–Kier alpha value is -1.10. The molecule has 3 fully saturated rings. The van der Waals surface area contributed by atoms with Gasteiger partial charge in [0.25, 0.3) is 0 Å². The Labute approximate surface area is 196 Å². The molecule has 3 rings (SSSR count). The van der Waals surface area contributed by atoms with Gasteiger partial charge in [0.1, 0.15) is 0 Å². The second-order valence-electron chi connectivity index (χ2n) is 11.3. The predicted octanol–water partition coefficient (Wildman–Crippen LogP) is 5.13. The SMILES string of the molecule is CC(C)C(=O)N1CCC(CCCOC2CCN(C(=O)C3CCC(C(C)C)CC3)CC2)CC1. The Bertz CT molecular complexity index is 582. The number of piperidine rings is 2. The standard InChI is InChI=1S/C27H48N2O3/c1-20(2)23-7-9-24(10-8-23)27(31)29-17-13-25(14-18-29)32-19-5-6-22-11-15-28(16-12-22)26(30)21(3)4/h20-25H,5-19H2,1-4H3. The van der Waals surface area contributed by atoms with E-state index in [9.17, 15) is 9.59 Å². The van der Waals surface area contributed by atoms with Gasteiger partial charge in [0.2, 0.25) is 11.8 Å². The van der Waals surface area contributed by atoms with Gasteiger partial charge in [0, 0.05) is 44.6 Å². The molecule has 0 bridgehead atoms. The summed E-state index contributed by atoms with van der Waals surface area (Å²) in [6, 6.07) is 0. The number of carbonyl (C=O) groups is 2. The third kappa shape index (κ3) is 7.20. The highest BCUT2D eigenvalue weighted by molar-refractivity contribution is 5.79. The average Bonchev–Trinajstić information content (AvgIpc) is 2.81. The van der Waals surface area contributed by atoms with Gasteiger partial charge in [-0.3, -0.25) is 9.59 Å². The van der Waals surface area contributed by atoms with E-state index in [-0.39, 0.29) is 11.8 Å². The van der Waals surface area contributed by atoms with Crippen molar-refractivity contribution in [2.75, 3.05) is 32.8 Å². The molecule has 0 unspecified atom stereocenters. The lowest BCUT2D eigenvalue weighted by Gasteiger charge is -2.37. The zero-order valence-electron chi connectivity index (χ0n) is 21.2. The van der Waals surface area contributed by atoms with Gasteiger partial charge in [-0.05, 0) is 82.0 Å². The zero-order chi connectivity index (χ0) is 23.1. The normalized spacial score (nSPS) is 26.2. The molecule has 2 amide bonds. The Morgan fingerprint density at radius 1 is 0.812 bits per heavy atom. The van der Waals surface area contributed by atoms with E-state index in [1.807, 2.05) is 18.7 Å². The first kappa shape index (κ1) is 25.5. The van der Waals surface area contributed by atoms with Crippen molar-refractivity contribution >= 4 is 11.8 Å². The number of nitrogens with zero attached hydrogens (tertiary/aromatic N) is 2. The highest BCUT2D eigenvalue weighted by atomic mass is 16.5. The number of hydrogen-bond acceptors (Lipinski definition) is 3. The summed E-state index contributed by atoms with van der Waals surface area (Å²) in [6.07, 6.45) is 11.5. The number of amides is 2. The van der Waals surface area contributed by atoms with Gasteiger partial charge in [0.05, 0.1) is 6.10 Å². The molecule has 2 saturated heterocycles. The molecule has 2 aliphatic heterocycles. The summed E-state index contributed by atoms with van der Waals surface area (Å²) in [5.74, 6) is 3.40. The summed E-state index contributed by atoms with van der Waals surface area (Å²) in [5, 5.41) is 0. The zero-order valence-corrected chi connectivity index (χ0v) is 21.2. The fraction of sp³-hybridized carbons (Fsp3) is 0.926. The van der Waals surface area contributed by atoms with Crippen molar-refractivity contribution in [3.63, 3.8) is 0 Å². The first-order chi connectivity index (χ1) is 15.3. The van der Waals surface area contributed by atoms with Gasteiger partial charge in [-0.25, -0.2) is 0 Å². The molecule has 1 aliphatic carbocycles. The van der Waals surface area contributed by atoms with Crippen molar-refractivity contribution in [1.82, 2.24) is 9.80 Å². The molecule has 0 atom stereocenters. The maximum atomic E-state index is 12.9. The molecule has 2 heterocycles. The molecule has 3 aliphatic rings. The minimum Gasteiger partial charge on any atom is -0.378 e. The third-order valence-corrected chi connectivity index (χ3v) is 8.35. The first-order valence-electron chi connectivity index (χ1n) is 13.5. The summed E-state index contributed by atoms with van der Waals surface area (Å²) in [5.41, 5.74) is 0. The highest BCUT2D eigenvalue weighted by Crippen LogP contribution is 2.34. The molecular weight excluding hydrogens is 400 g/mol. The van der Waals surface area contributed by atoms with E-state index >= 15 is 0 Å². The highest BCUT2D eigenvalue weighted by Gasteiger charge is 2.32. The summed E-state index contributed by atoms with van der Waals surface area (Å²) >= 11 is 0. The van der Waals surface area contributed by atoms with Crippen molar-refractivity contribution in [3.8, 4) is 0 Å². The second kappa shape index (κ2) is 12.4. The number of rotatable bonds is 8. The predicted molar refractivity (Wildman–Crippen MR) is 129 cm³/mol. The van der Waals surface area contributed by atoms with Gasteiger partial charge in [-0.2, -0.15) is 0 Å². The molecule has 0 spiro atoms. The Balaban J connectivity index is 1.25. The van der Waals surface area contributed by atoms with Crippen LogP contribution >= 0.6 is 0 Å². The molecule has 184 valence electrons. The van der Waals surface area contributed by atoms with Gasteiger partial charge < -0.3 is 14.5 Å². The first-order valence-corrected chi connectivity index (χ1v) is 13.5. The molecule has 0 radical (unpaired) electrons. The van der Waals surface area contributed by atoms with Gasteiger partial charge in [0.15, 0.2) is 0 Å². The van der Waals surface area contributed by atoms with E-state index in [0.717, 1.165) is 95.5 Å². The van der Waals surface area contributed by atoms with Crippen LogP contribution in [0.1, 0.15) is 91.9 Å². The summed E-state index contributed by atoms with van der Waals surface area (Å²) in [4.78, 5) is 29.2. The minimum atomic E-state index is 0.113. The van der Waals surface area contributed by atoms with Crippen LogP contribution in [0.25, 0.3) is 0 Å². The fourth-order valence-electron chi connectivity index (χ4n) is 5.96. The molecule has 5 heteroatoms. The van der Waals surface area contributed by atoms with E-state index in [2.05, 4.69) is 18.7 Å². The Morgan fingerprint density at radius 3 is 1.97 bits per heavy atom. The lowest BCUT2D eigenvalue weighted by molar-refractivity contribution is -0.140. The van der Waals surface area contributed by atoms with Crippen LogP contribution in [0.3, 0.4) is 0 Å². The van der Waals surface area contributed by atoms with Gasteiger partial charge in [-0.15, -0.1) is 0 Å². The topological polar surface area (TPSA) is 49.9 Å². The molecule has 0 aromatic carbocycles. The number of carbonyl (C=O) groups excluding carboxylic acids is 2. The van der Waals surface area contributed by atoms with Crippen LogP contribution in [0.4, 0.5) is 0 Å². The van der Waals surface area contributed by atoms with Crippen LogP contribution < -0.4 is 0 Å². The molecule has 0 aromatic heterocycles. The molecule has 0 N–H and O–H groups in total. The summed E-state index contributed by atoms with van der Waals surface area (Å²) in [7, 11) is 0. The maximum absolute atomic E-state index is 12.9. The number of likely N-dealkylation sites (tertiary alicyclic amines) is 2. The van der Waals surface area contributed by atoms with Crippen molar-refractivity contribution in [3.05, 3.63) is 0 Å². The molecule has 5 nitrogen and oxygen atoms in total. The van der Waals surface area contributed by atoms with Crippen LogP contribution in [-0.4, -0.2) is 60.5 Å². The van der Waals surface area contributed by atoms with Crippen molar-refractivity contribution in [2.45, 2.75) is 98.0 Å². The fourth-order valence-corrected chi connectivity index (χ4v) is 5.96. The van der Waals surface area contributed by atoms with Crippen LogP contribution in [0.15, 0.2) is 0 Å². The van der Waals surface area contributed by atoms with E-state index in [1.54, 1.807) is 0 Å². The lowest BCUT2D eigenvalue weighted by atomic mass is 9.76. The quantitative estimate of drug-likeness (QED) is 0.484. The van der Waals surface area contributed by atoms with Crippen LogP contribution in [0.5, 0.6) is 0 Å². The Morgan fingerprint density at radius 2 is 1.41 bits per heavy atom. The number of hydrogen-bond donors (Lipinski definition) is 0. The van der Waals surface area contributed by atoms with Crippen molar-refractivity contribution in [2.24, 2.45) is 29.6 Å². The summed E-state index contributed by atoms with van der Waals surface area (Å²) in [6.45, 7) is 13.0. The molecular formula is C27H48N2O3. The second-order valence-corrected chi connectivity index (χ2v) is 11.3. The monoisotopic (exact) mass is 448 g/mol. The van der Waals surface area contributed by atoms with Gasteiger partial charge >= 0.3 is 0 Å². The van der Waals surface area contributed by atoms with Crippen LogP contribution in [0.2, 0.25) is 0 Å². The average molecular weight is 449 g/mol. The molecule has 1 saturated carbocycles. The van der Waals surface area contributed by atoms with Crippen LogP contribution in [0, 0.1) is 29.6 Å². The third-order valence-electron chi connectivity index (χ3n) is 8.35. The molecule has 32 heavy (non-hydrogen) atoms. The Kier molecular flexibility index (Phi) is 9.88. The van der Waals surface area contributed by atoms with Gasteiger partial charge in [-0.1, -0.05) is 27.7 Å².